The monoisotopic (exact) mass is 296 g/mol. The molecule has 2 aliphatic rings. The first-order valence-corrected chi connectivity index (χ1v) is 8.23. The van der Waals surface area contributed by atoms with Gasteiger partial charge >= 0.3 is 0 Å². The van der Waals surface area contributed by atoms with E-state index in [0.717, 1.165) is 25.7 Å². The van der Waals surface area contributed by atoms with Crippen molar-refractivity contribution in [2.24, 2.45) is 5.92 Å². The minimum atomic E-state index is -0.325. The third-order valence-corrected chi connectivity index (χ3v) is 4.39. The van der Waals surface area contributed by atoms with Gasteiger partial charge in [-0.05, 0) is 26.7 Å². The Morgan fingerprint density at radius 2 is 1.95 bits per heavy atom. The van der Waals surface area contributed by atoms with E-state index in [4.69, 9.17) is 4.74 Å². The van der Waals surface area contributed by atoms with Crippen molar-refractivity contribution in [1.29, 1.82) is 0 Å². The molecular weight excluding hydrogens is 268 g/mol. The number of hydrogen-bond donors (Lipinski definition) is 1. The summed E-state index contributed by atoms with van der Waals surface area (Å²) in [7, 11) is 0. The maximum Gasteiger partial charge on any atom is 0.239 e. The standard InChI is InChI=1S/C16H28N2O3/c1-12(2)17-16(20)14-11-21-9-8-18(14)10-15(19)13-6-4-3-5-7-13/h12-14H,3-11H2,1-2H3,(H,17,20). The van der Waals surface area contributed by atoms with Crippen molar-refractivity contribution < 1.29 is 14.3 Å². The van der Waals surface area contributed by atoms with Crippen LogP contribution >= 0.6 is 0 Å². The quantitative estimate of drug-likeness (QED) is 0.832. The van der Waals surface area contributed by atoms with E-state index in [1.54, 1.807) is 0 Å². The predicted molar refractivity (Wildman–Crippen MR) is 81.0 cm³/mol. The molecule has 1 saturated heterocycles. The molecule has 0 aromatic rings. The number of nitrogens with one attached hydrogen (secondary N) is 1. The lowest BCUT2D eigenvalue weighted by Gasteiger charge is -2.35. The molecule has 2 rings (SSSR count). The van der Waals surface area contributed by atoms with Crippen LogP contribution in [0.2, 0.25) is 0 Å². The van der Waals surface area contributed by atoms with Gasteiger partial charge in [0.25, 0.3) is 0 Å². The number of hydrogen-bond acceptors (Lipinski definition) is 4. The molecule has 0 aromatic carbocycles. The normalized spacial score (nSPS) is 25.0. The van der Waals surface area contributed by atoms with Crippen LogP contribution in [-0.2, 0) is 14.3 Å². The minimum Gasteiger partial charge on any atom is -0.378 e. The fourth-order valence-electron chi connectivity index (χ4n) is 3.20. The van der Waals surface area contributed by atoms with Gasteiger partial charge < -0.3 is 10.1 Å². The van der Waals surface area contributed by atoms with Crippen LogP contribution in [0, 0.1) is 5.92 Å². The third-order valence-electron chi connectivity index (χ3n) is 4.39. The largest absolute Gasteiger partial charge is 0.378 e. The molecule has 1 heterocycles. The first-order valence-electron chi connectivity index (χ1n) is 8.23. The maximum absolute atomic E-state index is 12.4. The Morgan fingerprint density at radius 3 is 2.62 bits per heavy atom. The van der Waals surface area contributed by atoms with E-state index in [1.807, 2.05) is 18.7 Å². The number of nitrogens with zero attached hydrogens (tertiary/aromatic N) is 1. The molecule has 1 atom stereocenters. The Kier molecular flexibility index (Phi) is 6.18. The predicted octanol–water partition coefficient (Wildman–Crippen LogP) is 1.36. The fourth-order valence-corrected chi connectivity index (χ4v) is 3.20. The smallest absolute Gasteiger partial charge is 0.239 e. The molecule has 1 N–H and O–H groups in total. The average molecular weight is 296 g/mol. The molecule has 1 unspecified atom stereocenters. The molecular formula is C16H28N2O3. The molecule has 0 aromatic heterocycles. The Balaban J connectivity index is 1.91. The number of carbonyl (C=O) groups is 2. The summed E-state index contributed by atoms with van der Waals surface area (Å²) in [5.74, 6) is 0.482. The van der Waals surface area contributed by atoms with Gasteiger partial charge in [0.15, 0.2) is 0 Å². The summed E-state index contributed by atoms with van der Waals surface area (Å²) < 4.78 is 5.43. The van der Waals surface area contributed by atoms with Crippen molar-refractivity contribution in [3.63, 3.8) is 0 Å². The summed E-state index contributed by atoms with van der Waals surface area (Å²) in [6.07, 6.45) is 5.62. The van der Waals surface area contributed by atoms with Crippen LogP contribution in [0.15, 0.2) is 0 Å². The first kappa shape index (κ1) is 16.4. The highest BCUT2D eigenvalue weighted by Crippen LogP contribution is 2.25. The molecule has 1 aliphatic heterocycles. The number of Topliss-reactive ketones (excluding diaryl/α,β-unsaturated/α-hetero) is 1. The zero-order valence-electron chi connectivity index (χ0n) is 13.3. The number of amides is 1. The average Bonchev–Trinajstić information content (AvgIpc) is 2.48. The summed E-state index contributed by atoms with van der Waals surface area (Å²) in [4.78, 5) is 26.7. The van der Waals surface area contributed by atoms with Crippen molar-refractivity contribution in [1.82, 2.24) is 10.2 Å². The van der Waals surface area contributed by atoms with E-state index in [1.165, 1.54) is 6.42 Å². The maximum atomic E-state index is 12.4. The van der Waals surface area contributed by atoms with Gasteiger partial charge in [-0.25, -0.2) is 0 Å². The van der Waals surface area contributed by atoms with Crippen LogP contribution in [0.3, 0.4) is 0 Å². The van der Waals surface area contributed by atoms with Crippen molar-refractivity contribution in [3.8, 4) is 0 Å². The molecule has 120 valence electrons. The van der Waals surface area contributed by atoms with Crippen LogP contribution in [0.4, 0.5) is 0 Å². The number of rotatable bonds is 5. The molecule has 0 spiro atoms. The zero-order chi connectivity index (χ0) is 15.2. The fraction of sp³-hybridized carbons (Fsp3) is 0.875. The van der Waals surface area contributed by atoms with E-state index < -0.39 is 0 Å². The van der Waals surface area contributed by atoms with Crippen molar-refractivity contribution in [2.45, 2.75) is 58.0 Å². The van der Waals surface area contributed by atoms with E-state index in [-0.39, 0.29) is 23.9 Å². The number of ether oxygens (including phenoxy) is 1. The first-order chi connectivity index (χ1) is 10.1. The highest BCUT2D eigenvalue weighted by atomic mass is 16.5. The second-order valence-electron chi connectivity index (χ2n) is 6.53. The van der Waals surface area contributed by atoms with Gasteiger partial charge in [0, 0.05) is 18.5 Å². The third kappa shape index (κ3) is 4.78. The van der Waals surface area contributed by atoms with Crippen LogP contribution in [-0.4, -0.2) is 55.0 Å². The Hall–Kier alpha value is -0.940. The van der Waals surface area contributed by atoms with Crippen molar-refractivity contribution >= 4 is 11.7 Å². The summed E-state index contributed by atoms with van der Waals surface area (Å²) in [5, 5.41) is 2.92. The van der Waals surface area contributed by atoms with E-state index in [2.05, 4.69) is 5.32 Å². The molecule has 21 heavy (non-hydrogen) atoms. The van der Waals surface area contributed by atoms with Gasteiger partial charge in [-0.3, -0.25) is 14.5 Å². The highest BCUT2D eigenvalue weighted by molar-refractivity contribution is 5.86. The van der Waals surface area contributed by atoms with Gasteiger partial charge in [0.1, 0.15) is 11.8 Å². The van der Waals surface area contributed by atoms with Crippen LogP contribution in [0.1, 0.15) is 46.0 Å². The highest BCUT2D eigenvalue weighted by Gasteiger charge is 2.32. The number of ketones is 1. The molecule has 1 aliphatic carbocycles. The molecule has 5 heteroatoms. The lowest BCUT2D eigenvalue weighted by atomic mass is 9.86. The van der Waals surface area contributed by atoms with Crippen molar-refractivity contribution in [2.75, 3.05) is 26.3 Å². The molecule has 1 saturated carbocycles. The number of morpholine rings is 1. The Labute approximate surface area is 127 Å². The van der Waals surface area contributed by atoms with Crippen LogP contribution in [0.25, 0.3) is 0 Å². The molecule has 2 fully saturated rings. The van der Waals surface area contributed by atoms with E-state index in [9.17, 15) is 9.59 Å². The minimum absolute atomic E-state index is 0.0267. The summed E-state index contributed by atoms with van der Waals surface area (Å²) in [5.41, 5.74) is 0. The Morgan fingerprint density at radius 1 is 1.24 bits per heavy atom. The lowest BCUT2D eigenvalue weighted by Crippen LogP contribution is -2.56. The summed E-state index contributed by atoms with van der Waals surface area (Å²) in [6.45, 7) is 5.93. The van der Waals surface area contributed by atoms with E-state index >= 15 is 0 Å². The second kappa shape index (κ2) is 7.90. The zero-order valence-corrected chi connectivity index (χ0v) is 13.3. The number of carbonyl (C=O) groups excluding carboxylic acids is 2. The molecule has 5 nitrogen and oxygen atoms in total. The second-order valence-corrected chi connectivity index (χ2v) is 6.53. The Bertz CT molecular complexity index is 365. The topological polar surface area (TPSA) is 58.6 Å². The van der Waals surface area contributed by atoms with E-state index in [0.29, 0.717) is 32.1 Å². The summed E-state index contributed by atoms with van der Waals surface area (Å²) in [6, 6.07) is -0.219. The summed E-state index contributed by atoms with van der Waals surface area (Å²) >= 11 is 0. The lowest BCUT2D eigenvalue weighted by molar-refractivity contribution is -0.136. The van der Waals surface area contributed by atoms with Gasteiger partial charge in [0.2, 0.25) is 5.91 Å². The molecule has 0 bridgehead atoms. The van der Waals surface area contributed by atoms with Gasteiger partial charge in [-0.2, -0.15) is 0 Å². The molecule has 0 radical (unpaired) electrons. The van der Waals surface area contributed by atoms with Crippen LogP contribution in [0.5, 0.6) is 0 Å². The van der Waals surface area contributed by atoms with Gasteiger partial charge in [-0.1, -0.05) is 19.3 Å². The van der Waals surface area contributed by atoms with Gasteiger partial charge in [-0.15, -0.1) is 0 Å². The van der Waals surface area contributed by atoms with Crippen LogP contribution < -0.4 is 5.32 Å². The van der Waals surface area contributed by atoms with Gasteiger partial charge in [0.05, 0.1) is 19.8 Å². The molecule has 1 amide bonds. The SMILES string of the molecule is CC(C)NC(=O)C1COCCN1CC(=O)C1CCCCC1. The van der Waals surface area contributed by atoms with Crippen molar-refractivity contribution in [3.05, 3.63) is 0 Å².